The van der Waals surface area contributed by atoms with E-state index in [1.807, 2.05) is 30.9 Å². The van der Waals surface area contributed by atoms with Crippen molar-refractivity contribution in [1.82, 2.24) is 15.1 Å². The first-order valence-electron chi connectivity index (χ1n) is 13.6. The minimum Gasteiger partial charge on any atom is -0.382 e. The maximum atomic E-state index is 14.0. The Bertz CT molecular complexity index is 1740. The number of hydrogen-bond donors (Lipinski definition) is 3. The molecule has 0 atom stereocenters. The van der Waals surface area contributed by atoms with Crippen molar-refractivity contribution in [1.29, 1.82) is 0 Å². The standard InChI is InChI=1S/C30H36F2N6O5S/c1-37(2)10-11-38(3)26-9-7-23(30(33)39)28(34-20(16-42-4)17-43-5)27(26)29-24-15-21(6-8-25(24)35-36-29)44(40,41)22-13-18(31)12-19(32)14-22/h6-9,12-15,20,34H,10-11,16-17H2,1-5H3,(H2,33,39)(H,35,36). The molecule has 1 amide bonds. The molecular weight excluding hydrogens is 594 g/mol. The molecule has 4 N–H and O–H groups in total. The zero-order chi connectivity index (χ0) is 32.2. The number of fused-ring (bicyclic) bond motifs is 1. The van der Waals surface area contributed by atoms with E-state index >= 15 is 0 Å². The highest BCUT2D eigenvalue weighted by molar-refractivity contribution is 7.91. The molecule has 14 heteroatoms. The van der Waals surface area contributed by atoms with Crippen molar-refractivity contribution < 1.29 is 31.5 Å². The number of likely N-dealkylation sites (N-methyl/N-ethyl adjacent to an activating group) is 2. The number of nitrogens with two attached hydrogens (primary N) is 1. The Kier molecular flexibility index (Phi) is 10.2. The Morgan fingerprint density at radius 3 is 2.23 bits per heavy atom. The summed E-state index contributed by atoms with van der Waals surface area (Å²) in [6.07, 6.45) is 0. The number of carbonyl (C=O) groups is 1. The van der Waals surface area contributed by atoms with E-state index < -0.39 is 38.3 Å². The summed E-state index contributed by atoms with van der Waals surface area (Å²) >= 11 is 0. The van der Waals surface area contributed by atoms with Gasteiger partial charge in [0.15, 0.2) is 0 Å². The monoisotopic (exact) mass is 630 g/mol. The lowest BCUT2D eigenvalue weighted by Gasteiger charge is -2.28. The first-order chi connectivity index (χ1) is 20.9. The summed E-state index contributed by atoms with van der Waals surface area (Å²) in [6, 6.07) is 9.36. The van der Waals surface area contributed by atoms with E-state index in [9.17, 15) is 22.0 Å². The number of anilines is 2. The molecule has 1 heterocycles. The number of nitrogens with zero attached hydrogens (tertiary/aromatic N) is 3. The molecule has 0 saturated heterocycles. The average Bonchev–Trinajstić information content (AvgIpc) is 3.38. The van der Waals surface area contributed by atoms with E-state index in [1.165, 1.54) is 18.2 Å². The number of primary amides is 1. The molecule has 0 aliphatic carbocycles. The van der Waals surface area contributed by atoms with Crippen LogP contribution in [0.25, 0.3) is 22.2 Å². The van der Waals surface area contributed by atoms with Crippen molar-refractivity contribution in [3.05, 3.63) is 65.7 Å². The van der Waals surface area contributed by atoms with Crippen LogP contribution >= 0.6 is 0 Å². The van der Waals surface area contributed by atoms with Gasteiger partial charge in [0.1, 0.15) is 17.3 Å². The molecular formula is C30H36F2N6O5S. The maximum Gasteiger partial charge on any atom is 0.250 e. The molecule has 236 valence electrons. The van der Waals surface area contributed by atoms with Gasteiger partial charge in [0.2, 0.25) is 9.84 Å². The second kappa shape index (κ2) is 13.7. The zero-order valence-electron chi connectivity index (χ0n) is 25.1. The van der Waals surface area contributed by atoms with Gasteiger partial charge in [-0.05, 0) is 56.6 Å². The molecule has 0 unspecified atom stereocenters. The molecule has 3 aromatic carbocycles. The van der Waals surface area contributed by atoms with Crippen molar-refractivity contribution in [2.45, 2.75) is 15.8 Å². The third-order valence-electron chi connectivity index (χ3n) is 7.05. The van der Waals surface area contributed by atoms with E-state index in [0.717, 1.165) is 12.1 Å². The lowest BCUT2D eigenvalue weighted by atomic mass is 9.97. The number of aromatic amines is 1. The topological polar surface area (TPSA) is 143 Å². The lowest BCUT2D eigenvalue weighted by molar-refractivity contribution is 0.1000. The molecule has 0 spiro atoms. The molecule has 4 aromatic rings. The van der Waals surface area contributed by atoms with Gasteiger partial charge in [-0.15, -0.1) is 0 Å². The molecule has 0 aliphatic rings. The fraction of sp³-hybridized carbons (Fsp3) is 0.333. The van der Waals surface area contributed by atoms with Crippen LogP contribution in [0.2, 0.25) is 0 Å². The number of nitrogens with one attached hydrogen (secondary N) is 2. The highest BCUT2D eigenvalue weighted by atomic mass is 32.2. The first kappa shape index (κ1) is 32.8. The average molecular weight is 631 g/mol. The van der Waals surface area contributed by atoms with Crippen LogP contribution in [0.5, 0.6) is 0 Å². The third-order valence-corrected chi connectivity index (χ3v) is 8.79. The molecule has 0 aliphatic heterocycles. The largest absolute Gasteiger partial charge is 0.382 e. The number of methoxy groups -OCH3 is 2. The Morgan fingerprint density at radius 2 is 1.64 bits per heavy atom. The minimum atomic E-state index is -4.32. The molecule has 1 aromatic heterocycles. The third kappa shape index (κ3) is 6.99. The minimum absolute atomic E-state index is 0.178. The summed E-state index contributed by atoms with van der Waals surface area (Å²) in [7, 11) is 4.55. The first-order valence-corrected chi connectivity index (χ1v) is 15.1. The fourth-order valence-electron chi connectivity index (χ4n) is 4.88. The van der Waals surface area contributed by atoms with E-state index in [2.05, 4.69) is 15.5 Å². The summed E-state index contributed by atoms with van der Waals surface area (Å²) < 4.78 is 65.7. The quantitative estimate of drug-likeness (QED) is 0.191. The lowest BCUT2D eigenvalue weighted by Crippen LogP contribution is -2.32. The molecule has 44 heavy (non-hydrogen) atoms. The van der Waals surface area contributed by atoms with Gasteiger partial charge < -0.3 is 30.3 Å². The highest BCUT2D eigenvalue weighted by Gasteiger charge is 2.27. The highest BCUT2D eigenvalue weighted by Crippen LogP contribution is 2.42. The van der Waals surface area contributed by atoms with Gasteiger partial charge in [0.25, 0.3) is 5.91 Å². The summed E-state index contributed by atoms with van der Waals surface area (Å²) in [5.41, 5.74) is 8.36. The summed E-state index contributed by atoms with van der Waals surface area (Å²) in [6.45, 7) is 1.78. The van der Waals surface area contributed by atoms with Crippen molar-refractivity contribution in [3.8, 4) is 11.3 Å². The van der Waals surface area contributed by atoms with E-state index in [0.29, 0.717) is 52.7 Å². The fourth-order valence-corrected chi connectivity index (χ4v) is 6.21. The normalized spacial score (nSPS) is 11.9. The van der Waals surface area contributed by atoms with Crippen LogP contribution in [-0.2, 0) is 19.3 Å². The number of rotatable bonds is 14. The maximum absolute atomic E-state index is 14.0. The van der Waals surface area contributed by atoms with Crippen LogP contribution in [0.1, 0.15) is 10.4 Å². The Morgan fingerprint density at radius 1 is 0.977 bits per heavy atom. The number of hydrogen-bond acceptors (Lipinski definition) is 9. The van der Waals surface area contributed by atoms with Crippen LogP contribution in [0.3, 0.4) is 0 Å². The van der Waals surface area contributed by atoms with Gasteiger partial charge in [-0.25, -0.2) is 17.2 Å². The van der Waals surface area contributed by atoms with E-state index in [4.69, 9.17) is 15.2 Å². The summed E-state index contributed by atoms with van der Waals surface area (Å²) in [5, 5.41) is 11.2. The molecule has 0 bridgehead atoms. The van der Waals surface area contributed by atoms with E-state index in [-0.39, 0.29) is 23.7 Å². The Balaban J connectivity index is 2.00. The van der Waals surface area contributed by atoms with Crippen LogP contribution in [0.15, 0.2) is 58.3 Å². The predicted octanol–water partition coefficient (Wildman–Crippen LogP) is 3.51. The van der Waals surface area contributed by atoms with Gasteiger partial charge in [0.05, 0.1) is 51.4 Å². The number of halogens is 2. The number of H-pyrrole nitrogens is 1. The predicted molar refractivity (Wildman–Crippen MR) is 165 cm³/mol. The number of benzene rings is 3. The van der Waals surface area contributed by atoms with Gasteiger partial charge in [-0.1, -0.05) is 0 Å². The summed E-state index contributed by atoms with van der Waals surface area (Å²) in [5.74, 6) is -2.72. The SMILES string of the molecule is COCC(COC)Nc1c(C(N)=O)ccc(N(C)CCN(C)C)c1-c1n[nH]c2ccc(S(=O)(=O)c3cc(F)cc(F)c3)cc12. The number of sulfone groups is 1. The second-order valence-corrected chi connectivity index (χ2v) is 12.6. The van der Waals surface area contributed by atoms with E-state index in [1.54, 1.807) is 26.4 Å². The van der Waals surface area contributed by atoms with Crippen molar-refractivity contribution in [3.63, 3.8) is 0 Å². The number of carbonyl (C=O) groups excluding carboxylic acids is 1. The van der Waals surface area contributed by atoms with Gasteiger partial charge in [-0.3, -0.25) is 9.89 Å². The van der Waals surface area contributed by atoms with Crippen LogP contribution in [-0.4, -0.2) is 97.1 Å². The molecule has 4 rings (SSSR count). The number of amides is 1. The van der Waals surface area contributed by atoms with Crippen LogP contribution < -0.4 is 16.0 Å². The Hall–Kier alpha value is -4.11. The van der Waals surface area contributed by atoms with Gasteiger partial charge in [0, 0.05) is 51.5 Å². The Labute approximate surface area is 254 Å². The zero-order valence-corrected chi connectivity index (χ0v) is 26.0. The van der Waals surface area contributed by atoms with Gasteiger partial charge in [-0.2, -0.15) is 5.10 Å². The smallest absolute Gasteiger partial charge is 0.250 e. The van der Waals surface area contributed by atoms with Gasteiger partial charge >= 0.3 is 0 Å². The number of ether oxygens (including phenoxy) is 2. The van der Waals surface area contributed by atoms with Crippen LogP contribution in [0.4, 0.5) is 20.2 Å². The number of aromatic nitrogens is 2. The summed E-state index contributed by atoms with van der Waals surface area (Å²) in [4.78, 5) is 16.0. The molecule has 11 nitrogen and oxygen atoms in total. The van der Waals surface area contributed by atoms with Crippen LogP contribution in [0, 0.1) is 11.6 Å². The molecule has 0 saturated carbocycles. The molecule has 0 radical (unpaired) electrons. The van der Waals surface area contributed by atoms with Crippen molar-refractivity contribution in [2.75, 3.05) is 71.9 Å². The second-order valence-electron chi connectivity index (χ2n) is 10.6. The molecule has 0 fully saturated rings. The van der Waals surface area contributed by atoms with Crippen molar-refractivity contribution >= 4 is 38.0 Å². The van der Waals surface area contributed by atoms with Crippen molar-refractivity contribution in [2.24, 2.45) is 5.73 Å².